The molecule has 0 N–H and O–H groups in total. The summed E-state index contributed by atoms with van der Waals surface area (Å²) in [6.45, 7) is 3.47. The molecule has 0 saturated carbocycles. The Morgan fingerprint density at radius 3 is 2.50 bits per heavy atom. The predicted octanol–water partition coefficient (Wildman–Crippen LogP) is 2.78. The van der Waals surface area contributed by atoms with Gasteiger partial charge in [0.1, 0.15) is 0 Å². The maximum atomic E-state index is 11.7. The molecule has 0 fully saturated rings. The summed E-state index contributed by atoms with van der Waals surface area (Å²) in [6.07, 6.45) is 1.37. The van der Waals surface area contributed by atoms with Crippen LogP contribution in [0.15, 0.2) is 23.8 Å². The van der Waals surface area contributed by atoms with Gasteiger partial charge in [0.15, 0.2) is 0 Å². The van der Waals surface area contributed by atoms with Crippen LogP contribution in [-0.4, -0.2) is 16.7 Å². The maximum Gasteiger partial charge on any atom is 0.257 e. The molecule has 84 valence electrons. The van der Waals surface area contributed by atoms with E-state index < -0.39 is 0 Å². The van der Waals surface area contributed by atoms with Crippen LogP contribution >= 0.6 is 22.9 Å². The van der Waals surface area contributed by atoms with Gasteiger partial charge in [-0.05, 0) is 26.0 Å². The first-order valence-electron chi connectivity index (χ1n) is 4.81. The van der Waals surface area contributed by atoms with E-state index in [0.717, 1.165) is 4.88 Å². The van der Waals surface area contributed by atoms with Crippen molar-refractivity contribution in [2.75, 3.05) is 0 Å². The van der Waals surface area contributed by atoms with Crippen molar-refractivity contribution in [3.63, 3.8) is 0 Å². The molecule has 3 nitrogen and oxygen atoms in total. The minimum atomic E-state index is -0.258. The molecule has 0 spiro atoms. The molecule has 2 rings (SSSR count). The smallest absolute Gasteiger partial charge is 0.257 e. The first-order chi connectivity index (χ1) is 7.50. The Kier molecular flexibility index (Phi) is 2.86. The number of carbonyl (C=O) groups excluding carboxylic acids is 2. The molecule has 0 saturated heterocycles. The molecule has 1 aromatic rings. The Hall–Kier alpha value is -1.13. The second kappa shape index (κ2) is 4.03. The van der Waals surface area contributed by atoms with Crippen LogP contribution in [0, 0.1) is 0 Å². The van der Waals surface area contributed by atoms with E-state index in [9.17, 15) is 9.59 Å². The van der Waals surface area contributed by atoms with Gasteiger partial charge in [-0.3, -0.25) is 14.5 Å². The molecule has 2 amide bonds. The van der Waals surface area contributed by atoms with Crippen molar-refractivity contribution in [1.82, 2.24) is 4.90 Å². The van der Waals surface area contributed by atoms with E-state index in [4.69, 9.17) is 11.6 Å². The third-order valence-electron chi connectivity index (χ3n) is 2.53. The van der Waals surface area contributed by atoms with Crippen molar-refractivity contribution in [2.24, 2.45) is 0 Å². The first kappa shape index (κ1) is 11.4. The second-order valence-corrected chi connectivity index (χ2v) is 5.41. The number of amides is 2. The molecule has 0 aromatic carbocycles. The molecule has 1 atom stereocenters. The van der Waals surface area contributed by atoms with Gasteiger partial charge in [-0.2, -0.15) is 0 Å². The average molecular weight is 256 g/mol. The van der Waals surface area contributed by atoms with Crippen molar-refractivity contribution in [1.29, 1.82) is 0 Å². The van der Waals surface area contributed by atoms with Crippen LogP contribution in [0.25, 0.3) is 0 Å². The Labute approximate surface area is 102 Å². The molecular weight excluding hydrogens is 246 g/mol. The highest BCUT2D eigenvalue weighted by atomic mass is 35.5. The highest BCUT2D eigenvalue weighted by Crippen LogP contribution is 2.32. The standard InChI is InChI=1S/C11H10ClNO2S/c1-6-5-10(14)13(11(6)15)7(2)8-3-4-9(12)16-8/h3-5,7H,1-2H3. The molecule has 0 aliphatic carbocycles. The largest absolute Gasteiger partial charge is 0.269 e. The minimum Gasteiger partial charge on any atom is -0.269 e. The molecule has 16 heavy (non-hydrogen) atoms. The third kappa shape index (κ3) is 1.79. The van der Waals surface area contributed by atoms with Gasteiger partial charge in [0.05, 0.1) is 10.4 Å². The molecular formula is C11H10ClNO2S. The van der Waals surface area contributed by atoms with E-state index in [-0.39, 0.29) is 17.9 Å². The number of hydrogen-bond donors (Lipinski definition) is 0. The highest BCUT2D eigenvalue weighted by Gasteiger charge is 2.33. The summed E-state index contributed by atoms with van der Waals surface area (Å²) in [5.74, 6) is -0.471. The van der Waals surface area contributed by atoms with E-state index >= 15 is 0 Å². The summed E-state index contributed by atoms with van der Waals surface area (Å²) in [5, 5.41) is 0. The summed E-state index contributed by atoms with van der Waals surface area (Å²) >= 11 is 7.21. The van der Waals surface area contributed by atoms with Crippen LogP contribution in [0.5, 0.6) is 0 Å². The fourth-order valence-electron chi connectivity index (χ4n) is 1.65. The summed E-state index contributed by atoms with van der Waals surface area (Å²) in [6, 6.07) is 3.35. The number of rotatable bonds is 2. The zero-order chi connectivity index (χ0) is 11.9. The van der Waals surface area contributed by atoms with Crippen LogP contribution in [0.3, 0.4) is 0 Å². The van der Waals surface area contributed by atoms with Crippen molar-refractivity contribution in [3.05, 3.63) is 33.0 Å². The van der Waals surface area contributed by atoms with Crippen LogP contribution < -0.4 is 0 Å². The number of carbonyl (C=O) groups is 2. The normalized spacial score (nSPS) is 17.9. The molecule has 1 aliphatic rings. The minimum absolute atomic E-state index is 0.220. The molecule has 0 bridgehead atoms. The lowest BCUT2D eigenvalue weighted by Crippen LogP contribution is -2.33. The second-order valence-electron chi connectivity index (χ2n) is 3.66. The fourth-order valence-corrected chi connectivity index (χ4v) is 2.76. The summed E-state index contributed by atoms with van der Waals surface area (Å²) in [7, 11) is 0. The quantitative estimate of drug-likeness (QED) is 0.762. The van der Waals surface area contributed by atoms with Crippen molar-refractivity contribution < 1.29 is 9.59 Å². The lowest BCUT2D eigenvalue weighted by molar-refractivity contribution is -0.139. The van der Waals surface area contributed by atoms with Crippen LogP contribution in [-0.2, 0) is 9.59 Å². The van der Waals surface area contributed by atoms with E-state index in [2.05, 4.69) is 0 Å². The topological polar surface area (TPSA) is 37.4 Å². The van der Waals surface area contributed by atoms with Crippen molar-refractivity contribution in [2.45, 2.75) is 19.9 Å². The number of nitrogens with zero attached hydrogens (tertiary/aromatic N) is 1. The zero-order valence-electron chi connectivity index (χ0n) is 8.86. The summed E-state index contributed by atoms with van der Waals surface area (Å²) in [5.41, 5.74) is 0.486. The summed E-state index contributed by atoms with van der Waals surface area (Å²) < 4.78 is 0.658. The Morgan fingerprint density at radius 2 is 2.06 bits per heavy atom. The van der Waals surface area contributed by atoms with Gasteiger partial charge in [0, 0.05) is 16.5 Å². The van der Waals surface area contributed by atoms with Crippen LogP contribution in [0.4, 0.5) is 0 Å². The van der Waals surface area contributed by atoms with Crippen molar-refractivity contribution >= 4 is 34.8 Å². The molecule has 1 aliphatic heterocycles. The molecule has 1 unspecified atom stereocenters. The predicted molar refractivity (Wildman–Crippen MR) is 63.4 cm³/mol. The van der Waals surface area contributed by atoms with E-state index in [0.29, 0.717) is 9.91 Å². The van der Waals surface area contributed by atoms with Crippen LogP contribution in [0.1, 0.15) is 24.8 Å². The van der Waals surface area contributed by atoms with Gasteiger partial charge < -0.3 is 0 Å². The van der Waals surface area contributed by atoms with E-state index in [1.54, 1.807) is 13.0 Å². The number of hydrogen-bond acceptors (Lipinski definition) is 3. The zero-order valence-corrected chi connectivity index (χ0v) is 10.4. The maximum absolute atomic E-state index is 11.7. The van der Waals surface area contributed by atoms with Gasteiger partial charge in [-0.1, -0.05) is 11.6 Å². The monoisotopic (exact) mass is 255 g/mol. The molecule has 0 radical (unpaired) electrons. The Balaban J connectivity index is 2.27. The van der Waals surface area contributed by atoms with E-state index in [1.165, 1.54) is 22.3 Å². The van der Waals surface area contributed by atoms with Crippen LogP contribution in [0.2, 0.25) is 4.34 Å². The van der Waals surface area contributed by atoms with Crippen molar-refractivity contribution in [3.8, 4) is 0 Å². The number of halogens is 1. The lowest BCUT2D eigenvalue weighted by atomic mass is 10.2. The molecule has 1 aromatic heterocycles. The van der Waals surface area contributed by atoms with Gasteiger partial charge in [-0.25, -0.2) is 0 Å². The third-order valence-corrected chi connectivity index (χ3v) is 3.93. The Morgan fingerprint density at radius 1 is 1.38 bits per heavy atom. The SMILES string of the molecule is CC1=CC(=O)N(C(C)c2ccc(Cl)s2)C1=O. The van der Waals surface area contributed by atoms with Gasteiger partial charge in [-0.15, -0.1) is 11.3 Å². The Bertz CT molecular complexity index is 492. The lowest BCUT2D eigenvalue weighted by Gasteiger charge is -2.21. The van der Waals surface area contributed by atoms with Gasteiger partial charge >= 0.3 is 0 Å². The highest BCUT2D eigenvalue weighted by molar-refractivity contribution is 7.16. The fraction of sp³-hybridized carbons (Fsp3) is 0.273. The van der Waals surface area contributed by atoms with E-state index in [1.807, 2.05) is 13.0 Å². The van der Waals surface area contributed by atoms with Gasteiger partial charge in [0.2, 0.25) is 0 Å². The van der Waals surface area contributed by atoms with Gasteiger partial charge in [0.25, 0.3) is 11.8 Å². The molecule has 2 heterocycles. The number of imide groups is 1. The number of thiophene rings is 1. The first-order valence-corrected chi connectivity index (χ1v) is 6.01. The molecule has 5 heteroatoms. The average Bonchev–Trinajstić information content (AvgIpc) is 2.73. The summed E-state index contributed by atoms with van der Waals surface area (Å²) in [4.78, 5) is 25.5.